The number of nitrogens with two attached hydrogens (primary N) is 1. The van der Waals surface area contributed by atoms with Gasteiger partial charge in [0.15, 0.2) is 5.00 Å². The van der Waals surface area contributed by atoms with E-state index in [1.165, 1.54) is 0 Å². The van der Waals surface area contributed by atoms with Gasteiger partial charge in [-0.2, -0.15) is 0 Å². The fraction of sp³-hybridized carbons (Fsp3) is 0.692. The molecule has 1 atom stereocenters. The largest absolute Gasteiger partial charge is 0.379 e. The van der Waals surface area contributed by atoms with E-state index in [2.05, 4.69) is 24.1 Å². The van der Waals surface area contributed by atoms with Crippen LogP contribution >= 0.6 is 11.3 Å². The number of rotatable bonds is 7. The normalized spacial score (nSPS) is 17.8. The first-order valence-electron chi connectivity index (χ1n) is 7.57. The molecule has 0 spiro atoms. The Bertz CT molecular complexity index is 683. The van der Waals surface area contributed by atoms with E-state index in [0.29, 0.717) is 25.7 Å². The van der Waals surface area contributed by atoms with E-state index in [9.17, 15) is 18.5 Å². The Morgan fingerprint density at radius 1 is 1.46 bits per heavy atom. The molecule has 1 aliphatic rings. The third-order valence-electron chi connectivity index (χ3n) is 3.92. The first-order valence-corrected chi connectivity index (χ1v) is 9.93. The summed E-state index contributed by atoms with van der Waals surface area (Å²) >= 11 is 0.786. The van der Waals surface area contributed by atoms with Crippen molar-refractivity contribution in [3.63, 3.8) is 0 Å². The molecule has 2 rings (SSSR count). The predicted octanol–water partition coefficient (Wildman–Crippen LogP) is 1.07. The van der Waals surface area contributed by atoms with Gasteiger partial charge in [-0.3, -0.25) is 15.0 Å². The highest BCUT2D eigenvalue weighted by molar-refractivity contribution is 7.91. The lowest BCUT2D eigenvalue weighted by molar-refractivity contribution is -0.383. The minimum Gasteiger partial charge on any atom is -0.379 e. The van der Waals surface area contributed by atoms with Gasteiger partial charge < -0.3 is 10.1 Å². The topological polar surface area (TPSA) is 128 Å². The van der Waals surface area contributed by atoms with Crippen LogP contribution in [0.25, 0.3) is 0 Å². The molecule has 1 aromatic rings. The van der Waals surface area contributed by atoms with Crippen LogP contribution in [0.3, 0.4) is 0 Å². The van der Waals surface area contributed by atoms with E-state index in [4.69, 9.17) is 9.88 Å². The van der Waals surface area contributed by atoms with Crippen molar-refractivity contribution < 1.29 is 18.1 Å². The Balaban J connectivity index is 2.16. The number of ether oxygens (including phenoxy) is 1. The molecule has 24 heavy (non-hydrogen) atoms. The highest BCUT2D eigenvalue weighted by Crippen LogP contribution is 2.36. The van der Waals surface area contributed by atoms with E-state index in [-0.39, 0.29) is 20.9 Å². The molecule has 2 heterocycles. The van der Waals surface area contributed by atoms with Gasteiger partial charge >= 0.3 is 5.69 Å². The molecule has 3 N–H and O–H groups in total. The van der Waals surface area contributed by atoms with E-state index in [0.717, 1.165) is 30.5 Å². The molecule has 1 aromatic heterocycles. The predicted molar refractivity (Wildman–Crippen MR) is 91.9 cm³/mol. The molecule has 0 saturated carbocycles. The second kappa shape index (κ2) is 7.74. The number of hydrogen-bond donors (Lipinski definition) is 2. The SMILES string of the molecule is CC(C)[C@H](CNc1sc(S(N)(=O)=O)cc1[N+](=O)[O-])N1CCOCC1. The molecular formula is C13H22N4O5S2. The van der Waals surface area contributed by atoms with Crippen LogP contribution in [0.15, 0.2) is 10.3 Å². The number of morpholine rings is 1. The molecule has 9 nitrogen and oxygen atoms in total. The van der Waals surface area contributed by atoms with Gasteiger partial charge in [-0.15, -0.1) is 0 Å². The molecular weight excluding hydrogens is 356 g/mol. The van der Waals surface area contributed by atoms with Crippen LogP contribution in [0.4, 0.5) is 10.7 Å². The van der Waals surface area contributed by atoms with Crippen molar-refractivity contribution in [3.05, 3.63) is 16.2 Å². The molecule has 11 heteroatoms. The van der Waals surface area contributed by atoms with E-state index < -0.39 is 14.9 Å². The Morgan fingerprint density at radius 3 is 2.58 bits per heavy atom. The minimum absolute atomic E-state index is 0.161. The first-order chi connectivity index (χ1) is 11.2. The molecule has 1 saturated heterocycles. The van der Waals surface area contributed by atoms with Gasteiger partial charge in [0, 0.05) is 31.7 Å². The number of nitrogens with zero attached hydrogens (tertiary/aromatic N) is 2. The van der Waals surface area contributed by atoms with Gasteiger partial charge in [0.25, 0.3) is 0 Å². The maximum atomic E-state index is 11.4. The minimum atomic E-state index is -3.97. The van der Waals surface area contributed by atoms with Crippen molar-refractivity contribution in [2.45, 2.75) is 24.1 Å². The molecule has 0 radical (unpaired) electrons. The van der Waals surface area contributed by atoms with Gasteiger partial charge in [-0.05, 0) is 5.92 Å². The van der Waals surface area contributed by atoms with Crippen molar-refractivity contribution in [2.75, 3.05) is 38.2 Å². The lowest BCUT2D eigenvalue weighted by Gasteiger charge is -2.36. The molecule has 0 amide bonds. The van der Waals surface area contributed by atoms with Crippen LogP contribution < -0.4 is 10.5 Å². The molecule has 0 aliphatic carbocycles. The monoisotopic (exact) mass is 378 g/mol. The third-order valence-corrected chi connectivity index (χ3v) is 6.43. The van der Waals surface area contributed by atoms with Crippen molar-refractivity contribution in [1.29, 1.82) is 0 Å². The average molecular weight is 378 g/mol. The van der Waals surface area contributed by atoms with Crippen LogP contribution in [-0.4, -0.2) is 57.1 Å². The molecule has 136 valence electrons. The Kier molecular flexibility index (Phi) is 6.15. The van der Waals surface area contributed by atoms with Crippen LogP contribution in [0.1, 0.15) is 13.8 Å². The Hall–Kier alpha value is -1.27. The molecule has 0 bridgehead atoms. The lowest BCUT2D eigenvalue weighted by atomic mass is 10.0. The van der Waals surface area contributed by atoms with E-state index in [1.54, 1.807) is 0 Å². The van der Waals surface area contributed by atoms with Gasteiger partial charge in [-0.1, -0.05) is 25.2 Å². The summed E-state index contributed by atoms with van der Waals surface area (Å²) in [7, 11) is -3.97. The zero-order chi connectivity index (χ0) is 17.9. The number of hydrogen-bond acceptors (Lipinski definition) is 8. The zero-order valence-electron chi connectivity index (χ0n) is 13.6. The maximum Gasteiger partial charge on any atom is 0.304 e. The zero-order valence-corrected chi connectivity index (χ0v) is 15.2. The lowest BCUT2D eigenvalue weighted by Crippen LogP contribution is -2.49. The summed E-state index contributed by atoms with van der Waals surface area (Å²) in [4.78, 5) is 12.8. The smallest absolute Gasteiger partial charge is 0.304 e. The van der Waals surface area contributed by atoms with E-state index in [1.807, 2.05) is 0 Å². The first kappa shape index (κ1) is 19.1. The summed E-state index contributed by atoms with van der Waals surface area (Å²) in [6.07, 6.45) is 0. The van der Waals surface area contributed by atoms with E-state index >= 15 is 0 Å². The molecule has 1 aliphatic heterocycles. The highest BCUT2D eigenvalue weighted by Gasteiger charge is 2.27. The second-order valence-electron chi connectivity index (χ2n) is 5.92. The maximum absolute atomic E-state index is 11.4. The quantitative estimate of drug-likeness (QED) is 0.536. The summed E-state index contributed by atoms with van der Waals surface area (Å²) in [5.41, 5.74) is -0.270. The third kappa shape index (κ3) is 4.63. The van der Waals surface area contributed by atoms with Gasteiger partial charge in [-0.25, -0.2) is 13.6 Å². The van der Waals surface area contributed by atoms with Crippen LogP contribution in [-0.2, 0) is 14.8 Å². The van der Waals surface area contributed by atoms with Gasteiger partial charge in [0.1, 0.15) is 4.21 Å². The van der Waals surface area contributed by atoms with Gasteiger partial charge in [0.05, 0.1) is 18.1 Å². The van der Waals surface area contributed by atoms with Crippen molar-refractivity contribution in [3.8, 4) is 0 Å². The summed E-state index contributed by atoms with van der Waals surface area (Å²) in [6.45, 7) is 7.58. The number of nitrogens with one attached hydrogen (secondary N) is 1. The Labute approximate surface area is 145 Å². The van der Waals surface area contributed by atoms with Crippen molar-refractivity contribution >= 4 is 32.0 Å². The standard InChI is InChI=1S/C13H22N4O5S2/c1-9(2)11(16-3-5-22-6-4-16)8-15-13-10(17(18)19)7-12(23-13)24(14,20)21/h7,9,11,15H,3-6,8H2,1-2H3,(H2,14,20,21)/t11-/m0/s1. The molecule has 1 fully saturated rings. The molecule has 0 unspecified atom stereocenters. The fourth-order valence-corrected chi connectivity index (χ4v) is 4.41. The Morgan fingerprint density at radius 2 is 2.08 bits per heavy atom. The molecule has 0 aromatic carbocycles. The number of thiophene rings is 1. The summed E-state index contributed by atoms with van der Waals surface area (Å²) < 4.78 is 28.0. The number of anilines is 1. The average Bonchev–Trinajstić information content (AvgIpc) is 2.93. The second-order valence-corrected chi connectivity index (χ2v) is 8.76. The number of primary sulfonamides is 1. The summed E-state index contributed by atoms with van der Waals surface area (Å²) in [6, 6.07) is 1.16. The van der Waals surface area contributed by atoms with Crippen molar-refractivity contribution in [2.24, 2.45) is 11.1 Å². The van der Waals surface area contributed by atoms with Gasteiger partial charge in [0.2, 0.25) is 10.0 Å². The highest BCUT2D eigenvalue weighted by atomic mass is 32.2. The number of nitro groups is 1. The number of sulfonamides is 1. The fourth-order valence-electron chi connectivity index (χ4n) is 2.65. The van der Waals surface area contributed by atoms with Crippen molar-refractivity contribution in [1.82, 2.24) is 4.90 Å². The van der Waals surface area contributed by atoms with Crippen LogP contribution in [0.2, 0.25) is 0 Å². The summed E-state index contributed by atoms with van der Waals surface area (Å²) in [5, 5.41) is 19.5. The van der Waals surface area contributed by atoms with Crippen LogP contribution in [0.5, 0.6) is 0 Å². The van der Waals surface area contributed by atoms with Crippen LogP contribution in [0, 0.1) is 16.0 Å². The summed E-state index contributed by atoms with van der Waals surface area (Å²) in [5.74, 6) is 0.326.